The van der Waals surface area contributed by atoms with Crippen molar-refractivity contribution < 1.29 is 18.3 Å². The Morgan fingerprint density at radius 3 is 2.06 bits per heavy atom. The molecule has 100 valence electrons. The van der Waals surface area contributed by atoms with E-state index >= 15 is 0 Å². The molecule has 0 aliphatic heterocycles. The molecule has 0 aromatic rings. The smallest absolute Gasteiger partial charge is 0.395 e. The average molecular weight is 262 g/mol. The van der Waals surface area contributed by atoms with Gasteiger partial charge in [-0.05, 0) is 40.2 Å². The highest BCUT2D eigenvalue weighted by atomic mass is 31.2. The summed E-state index contributed by atoms with van der Waals surface area (Å²) in [7, 11) is -3.30. The molecule has 4 nitrogen and oxygen atoms in total. The van der Waals surface area contributed by atoms with Crippen molar-refractivity contribution in [3.8, 4) is 0 Å². The molecule has 0 aliphatic carbocycles. The van der Waals surface area contributed by atoms with Crippen LogP contribution in [0.4, 0.5) is 0 Å². The van der Waals surface area contributed by atoms with E-state index < -0.39 is 7.60 Å². The third kappa shape index (κ3) is 5.53. The summed E-state index contributed by atoms with van der Waals surface area (Å²) in [5.74, 6) is 0. The molecular weight excluding hydrogens is 239 g/mol. The van der Waals surface area contributed by atoms with Crippen LogP contribution in [0.5, 0.6) is 0 Å². The summed E-state index contributed by atoms with van der Waals surface area (Å²) in [5, 5.41) is 0. The largest absolute Gasteiger partial charge is 0.482 e. The zero-order valence-electron chi connectivity index (χ0n) is 11.4. The summed E-state index contributed by atoms with van der Waals surface area (Å²) < 4.78 is 28.5. The summed E-state index contributed by atoms with van der Waals surface area (Å²) in [5.41, 5.74) is 1.12. The topological polar surface area (TPSA) is 44.8 Å². The Morgan fingerprint density at radius 2 is 1.71 bits per heavy atom. The molecule has 0 aromatic carbocycles. The maximum atomic E-state index is 12.5. The zero-order valence-corrected chi connectivity index (χ0v) is 12.3. The predicted molar refractivity (Wildman–Crippen MR) is 70.0 cm³/mol. The van der Waals surface area contributed by atoms with Crippen LogP contribution >= 0.6 is 7.60 Å². The van der Waals surface area contributed by atoms with E-state index in [1.807, 2.05) is 32.9 Å². The van der Waals surface area contributed by atoms with Crippen molar-refractivity contribution in [2.45, 2.75) is 34.6 Å². The van der Waals surface area contributed by atoms with Crippen molar-refractivity contribution in [2.75, 3.05) is 19.8 Å². The Morgan fingerprint density at radius 1 is 1.18 bits per heavy atom. The van der Waals surface area contributed by atoms with Gasteiger partial charge in [-0.15, -0.1) is 0 Å². The molecule has 0 N–H and O–H groups in total. The first kappa shape index (κ1) is 16.4. The number of hydrogen-bond donors (Lipinski definition) is 0. The number of rotatable bonds is 8. The molecule has 0 saturated carbocycles. The summed E-state index contributed by atoms with van der Waals surface area (Å²) in [6.07, 6.45) is 3.71. The van der Waals surface area contributed by atoms with Gasteiger partial charge in [-0.2, -0.15) is 0 Å². The minimum absolute atomic E-state index is 0.319. The molecule has 0 atom stereocenters. The Balaban J connectivity index is 4.99. The van der Waals surface area contributed by atoms with Crippen LogP contribution in [-0.2, 0) is 18.3 Å². The third-order valence-corrected chi connectivity index (χ3v) is 4.10. The van der Waals surface area contributed by atoms with E-state index in [4.69, 9.17) is 13.8 Å². The fraction of sp³-hybridized carbons (Fsp3) is 0.667. The molecule has 0 saturated heterocycles. The van der Waals surface area contributed by atoms with Gasteiger partial charge in [0.05, 0.1) is 13.2 Å². The minimum atomic E-state index is -3.30. The molecule has 0 rings (SSSR count). The fourth-order valence-electron chi connectivity index (χ4n) is 1.21. The first-order valence-electron chi connectivity index (χ1n) is 5.82. The lowest BCUT2D eigenvalue weighted by atomic mass is 10.4. The molecule has 0 spiro atoms. The molecule has 0 heterocycles. The van der Waals surface area contributed by atoms with E-state index in [9.17, 15) is 4.57 Å². The van der Waals surface area contributed by atoms with Gasteiger partial charge in [0.15, 0.2) is 0 Å². The Labute approximate surface area is 104 Å². The standard InChI is InChI=1S/C12H23O4P/c1-6-9-10-14-12(11(4)5)17(13,15-7-2)16-8-3/h6,9H,7-8,10H2,1-5H3/b9-6+. The lowest BCUT2D eigenvalue weighted by Crippen LogP contribution is -2.04. The Kier molecular flexibility index (Phi) is 8.23. The highest BCUT2D eigenvalue weighted by molar-refractivity contribution is 7.58. The summed E-state index contributed by atoms with van der Waals surface area (Å²) >= 11 is 0. The number of ether oxygens (including phenoxy) is 1. The number of hydrogen-bond acceptors (Lipinski definition) is 4. The van der Waals surface area contributed by atoms with E-state index in [0.717, 1.165) is 5.57 Å². The maximum absolute atomic E-state index is 12.5. The number of allylic oxidation sites excluding steroid dienone is 2. The summed E-state index contributed by atoms with van der Waals surface area (Å²) in [6.45, 7) is 10.1. The van der Waals surface area contributed by atoms with Crippen LogP contribution in [-0.4, -0.2) is 19.8 Å². The third-order valence-electron chi connectivity index (χ3n) is 1.83. The van der Waals surface area contributed by atoms with Crippen LogP contribution in [0.2, 0.25) is 0 Å². The van der Waals surface area contributed by atoms with Crippen LogP contribution in [0.25, 0.3) is 0 Å². The highest BCUT2D eigenvalue weighted by Gasteiger charge is 2.32. The van der Waals surface area contributed by atoms with E-state index in [-0.39, 0.29) is 0 Å². The van der Waals surface area contributed by atoms with Gasteiger partial charge in [0.1, 0.15) is 6.61 Å². The van der Waals surface area contributed by atoms with E-state index in [1.165, 1.54) is 0 Å². The van der Waals surface area contributed by atoms with Crippen molar-refractivity contribution >= 4 is 7.60 Å². The molecular formula is C12H23O4P. The molecule has 5 heteroatoms. The highest BCUT2D eigenvalue weighted by Crippen LogP contribution is 2.57. The normalized spacial score (nSPS) is 11.8. The minimum Gasteiger partial charge on any atom is -0.482 e. The Bertz CT molecular complexity index is 306. The van der Waals surface area contributed by atoms with Gasteiger partial charge in [-0.25, -0.2) is 0 Å². The van der Waals surface area contributed by atoms with Gasteiger partial charge in [-0.1, -0.05) is 12.2 Å². The molecule has 0 bridgehead atoms. The predicted octanol–water partition coefficient (Wildman–Crippen LogP) is 4.10. The van der Waals surface area contributed by atoms with Crippen molar-refractivity contribution in [3.05, 3.63) is 23.2 Å². The summed E-state index contributed by atoms with van der Waals surface area (Å²) in [4.78, 5) is 0. The second kappa shape index (κ2) is 8.51. The Hall–Kier alpha value is -0.570. The van der Waals surface area contributed by atoms with Crippen LogP contribution in [0.1, 0.15) is 34.6 Å². The van der Waals surface area contributed by atoms with E-state index in [2.05, 4.69) is 0 Å². The molecule has 0 unspecified atom stereocenters. The lowest BCUT2D eigenvalue weighted by molar-refractivity contribution is 0.187. The van der Waals surface area contributed by atoms with Gasteiger partial charge in [-0.3, -0.25) is 4.57 Å². The molecule has 0 radical (unpaired) electrons. The van der Waals surface area contributed by atoms with Gasteiger partial charge in [0.25, 0.3) is 0 Å². The quantitative estimate of drug-likeness (QED) is 0.375. The fourth-order valence-corrected chi connectivity index (χ4v) is 2.98. The van der Waals surface area contributed by atoms with Crippen molar-refractivity contribution in [2.24, 2.45) is 0 Å². The second-order valence-electron chi connectivity index (χ2n) is 3.52. The SMILES string of the molecule is C/C=C/COC(=C(C)C)P(=O)(OCC)OCC. The van der Waals surface area contributed by atoms with Gasteiger partial charge < -0.3 is 13.8 Å². The molecule has 0 aliphatic rings. The van der Waals surface area contributed by atoms with Crippen molar-refractivity contribution in [1.82, 2.24) is 0 Å². The van der Waals surface area contributed by atoms with E-state index in [1.54, 1.807) is 13.8 Å². The maximum Gasteiger partial charge on any atom is 0.395 e. The first-order valence-corrected chi connectivity index (χ1v) is 7.37. The zero-order chi connectivity index (χ0) is 13.3. The van der Waals surface area contributed by atoms with Crippen LogP contribution in [0.15, 0.2) is 23.2 Å². The second-order valence-corrected chi connectivity index (χ2v) is 5.44. The average Bonchev–Trinajstić information content (AvgIpc) is 2.24. The first-order chi connectivity index (χ1) is 8.01. The molecule has 0 fully saturated rings. The van der Waals surface area contributed by atoms with Crippen LogP contribution < -0.4 is 0 Å². The van der Waals surface area contributed by atoms with Gasteiger partial charge in [0, 0.05) is 0 Å². The monoisotopic (exact) mass is 262 g/mol. The summed E-state index contributed by atoms with van der Waals surface area (Å²) in [6, 6.07) is 0. The van der Waals surface area contributed by atoms with Crippen LogP contribution in [0, 0.1) is 0 Å². The van der Waals surface area contributed by atoms with Gasteiger partial charge in [0.2, 0.25) is 5.50 Å². The van der Waals surface area contributed by atoms with Crippen molar-refractivity contribution in [1.29, 1.82) is 0 Å². The van der Waals surface area contributed by atoms with Crippen molar-refractivity contribution in [3.63, 3.8) is 0 Å². The van der Waals surface area contributed by atoms with E-state index in [0.29, 0.717) is 25.3 Å². The van der Waals surface area contributed by atoms with Gasteiger partial charge >= 0.3 is 7.60 Å². The lowest BCUT2D eigenvalue weighted by Gasteiger charge is -2.21. The van der Waals surface area contributed by atoms with Crippen LogP contribution in [0.3, 0.4) is 0 Å². The molecule has 0 amide bonds. The molecule has 0 aromatic heterocycles. The molecule has 17 heavy (non-hydrogen) atoms.